The summed E-state index contributed by atoms with van der Waals surface area (Å²) in [5, 5.41) is 23.9. The SMILES string of the molecule is N=C(N)Nc1cccc(C(=O)NCC(=O)NC2Oc3cc(Cl)c(CCC(=O)O)cc3O2)c1. The molecule has 2 aromatic carbocycles. The molecular formula is C20H20ClN5O6. The first-order valence-corrected chi connectivity index (χ1v) is 9.75. The van der Waals surface area contributed by atoms with Gasteiger partial charge in [-0.3, -0.25) is 25.1 Å². The summed E-state index contributed by atoms with van der Waals surface area (Å²) in [7, 11) is 0. The number of rotatable bonds is 8. The molecule has 7 N–H and O–H groups in total. The Morgan fingerprint density at radius 1 is 1.16 bits per heavy atom. The van der Waals surface area contributed by atoms with E-state index in [2.05, 4.69) is 16.0 Å². The highest BCUT2D eigenvalue weighted by Crippen LogP contribution is 2.38. The molecule has 12 heteroatoms. The molecule has 0 fully saturated rings. The summed E-state index contributed by atoms with van der Waals surface area (Å²) in [6, 6.07) is 9.33. The van der Waals surface area contributed by atoms with E-state index < -0.39 is 24.2 Å². The highest BCUT2D eigenvalue weighted by molar-refractivity contribution is 6.31. The molecule has 0 saturated carbocycles. The average Bonchev–Trinajstić information content (AvgIpc) is 3.10. The van der Waals surface area contributed by atoms with E-state index in [0.717, 1.165) is 0 Å². The van der Waals surface area contributed by atoms with Gasteiger partial charge in [-0.05, 0) is 36.2 Å². The lowest BCUT2D eigenvalue weighted by Crippen LogP contribution is -2.45. The van der Waals surface area contributed by atoms with Gasteiger partial charge in [0.15, 0.2) is 17.5 Å². The predicted octanol–water partition coefficient (Wildman–Crippen LogP) is 1.26. The summed E-state index contributed by atoms with van der Waals surface area (Å²) >= 11 is 6.14. The number of nitrogens with two attached hydrogens (primary N) is 1. The Labute approximate surface area is 187 Å². The van der Waals surface area contributed by atoms with Crippen LogP contribution >= 0.6 is 11.6 Å². The molecule has 32 heavy (non-hydrogen) atoms. The number of fused-ring (bicyclic) bond motifs is 1. The lowest BCUT2D eigenvalue weighted by Gasteiger charge is -2.12. The molecule has 2 amide bonds. The van der Waals surface area contributed by atoms with Gasteiger partial charge in [0.1, 0.15) is 0 Å². The van der Waals surface area contributed by atoms with E-state index in [0.29, 0.717) is 27.8 Å². The van der Waals surface area contributed by atoms with Crippen LogP contribution in [0.1, 0.15) is 22.3 Å². The van der Waals surface area contributed by atoms with Crippen molar-refractivity contribution in [2.24, 2.45) is 5.73 Å². The number of hydrogen-bond acceptors (Lipinski definition) is 6. The number of nitrogens with one attached hydrogen (secondary N) is 4. The summed E-state index contributed by atoms with van der Waals surface area (Å²) in [5.41, 5.74) is 6.58. The Hall–Kier alpha value is -3.99. The highest BCUT2D eigenvalue weighted by atomic mass is 35.5. The van der Waals surface area contributed by atoms with Crippen LogP contribution in [-0.2, 0) is 16.0 Å². The van der Waals surface area contributed by atoms with Crippen LogP contribution in [0.5, 0.6) is 11.5 Å². The molecule has 11 nitrogen and oxygen atoms in total. The van der Waals surface area contributed by atoms with Crippen LogP contribution in [0, 0.1) is 5.41 Å². The van der Waals surface area contributed by atoms with Crippen LogP contribution in [-0.4, -0.2) is 41.8 Å². The second-order valence-electron chi connectivity index (χ2n) is 6.72. The summed E-state index contributed by atoms with van der Waals surface area (Å²) < 4.78 is 11.0. The van der Waals surface area contributed by atoms with E-state index in [1.807, 2.05) is 0 Å². The lowest BCUT2D eigenvalue weighted by atomic mass is 10.1. The first kappa shape index (κ1) is 22.7. The summed E-state index contributed by atoms with van der Waals surface area (Å²) in [4.78, 5) is 35.2. The quantitative estimate of drug-likeness (QED) is 0.251. The molecule has 1 aliphatic heterocycles. The molecule has 0 bridgehead atoms. The van der Waals surface area contributed by atoms with Crippen LogP contribution in [0.3, 0.4) is 0 Å². The van der Waals surface area contributed by atoms with Gasteiger partial charge in [0.25, 0.3) is 5.91 Å². The van der Waals surface area contributed by atoms with E-state index in [1.165, 1.54) is 12.1 Å². The second-order valence-corrected chi connectivity index (χ2v) is 7.13. The minimum Gasteiger partial charge on any atom is -0.481 e. The number of carbonyl (C=O) groups excluding carboxylic acids is 2. The number of guanidine groups is 1. The number of halogens is 1. The Kier molecular flexibility index (Phi) is 7.00. The van der Waals surface area contributed by atoms with Crippen LogP contribution in [0.25, 0.3) is 0 Å². The first-order valence-electron chi connectivity index (χ1n) is 9.37. The molecule has 0 aliphatic carbocycles. The molecule has 0 aromatic heterocycles. The first-order chi connectivity index (χ1) is 15.2. The summed E-state index contributed by atoms with van der Waals surface area (Å²) in [5.74, 6) is -1.66. The molecule has 0 spiro atoms. The van der Waals surface area contributed by atoms with Gasteiger partial charge < -0.3 is 30.9 Å². The maximum absolute atomic E-state index is 12.3. The third kappa shape index (κ3) is 6.01. The maximum Gasteiger partial charge on any atom is 0.327 e. The van der Waals surface area contributed by atoms with Crippen LogP contribution in [0.2, 0.25) is 5.02 Å². The number of aryl methyl sites for hydroxylation is 1. The number of aliphatic carboxylic acids is 1. The Morgan fingerprint density at radius 3 is 2.56 bits per heavy atom. The van der Waals surface area contributed by atoms with Crippen molar-refractivity contribution in [3.63, 3.8) is 0 Å². The molecule has 2 aromatic rings. The molecule has 3 rings (SSSR count). The largest absolute Gasteiger partial charge is 0.481 e. The van der Waals surface area contributed by atoms with Crippen molar-refractivity contribution in [3.8, 4) is 11.5 Å². The molecule has 0 saturated heterocycles. The smallest absolute Gasteiger partial charge is 0.327 e. The number of carboxylic acid groups (broad SMARTS) is 1. The van der Waals surface area contributed by atoms with Crippen molar-refractivity contribution in [2.75, 3.05) is 11.9 Å². The number of benzene rings is 2. The fourth-order valence-electron chi connectivity index (χ4n) is 2.85. The standard InChI is InChI=1S/C20H20ClN5O6/c21-13-8-15-14(7-10(13)4-5-17(28)29)31-20(32-15)26-16(27)9-24-18(30)11-2-1-3-12(6-11)25-19(22)23/h1-3,6-8,20H,4-5,9H2,(H,24,30)(H,26,27)(H,28,29)(H4,22,23,25). The van der Waals surface area contributed by atoms with E-state index in [4.69, 9.17) is 37.3 Å². The van der Waals surface area contributed by atoms with Crippen molar-refractivity contribution < 1.29 is 29.0 Å². The van der Waals surface area contributed by atoms with Crippen molar-refractivity contribution >= 4 is 41.0 Å². The molecule has 168 valence electrons. The fourth-order valence-corrected chi connectivity index (χ4v) is 3.10. The summed E-state index contributed by atoms with van der Waals surface area (Å²) in [6.45, 7) is -0.340. The van der Waals surface area contributed by atoms with Gasteiger partial charge in [0.2, 0.25) is 5.91 Å². The Bertz CT molecular complexity index is 1080. The topological polar surface area (TPSA) is 176 Å². The van der Waals surface area contributed by atoms with Gasteiger partial charge in [0.05, 0.1) is 6.54 Å². The number of anilines is 1. The monoisotopic (exact) mass is 461 g/mol. The van der Waals surface area contributed by atoms with E-state index in [1.54, 1.807) is 24.3 Å². The maximum atomic E-state index is 12.3. The van der Waals surface area contributed by atoms with E-state index in [9.17, 15) is 14.4 Å². The summed E-state index contributed by atoms with van der Waals surface area (Å²) in [6.07, 6.45) is -0.993. The van der Waals surface area contributed by atoms with Crippen LogP contribution < -0.4 is 31.2 Å². The molecular weight excluding hydrogens is 442 g/mol. The van der Waals surface area contributed by atoms with Crippen molar-refractivity contribution in [1.82, 2.24) is 10.6 Å². The van der Waals surface area contributed by atoms with Crippen LogP contribution in [0.15, 0.2) is 36.4 Å². The van der Waals surface area contributed by atoms with E-state index in [-0.39, 0.29) is 30.9 Å². The van der Waals surface area contributed by atoms with E-state index >= 15 is 0 Å². The van der Waals surface area contributed by atoms with Gasteiger partial charge in [-0.15, -0.1) is 0 Å². The van der Waals surface area contributed by atoms with Gasteiger partial charge in [-0.1, -0.05) is 17.7 Å². The van der Waals surface area contributed by atoms with Crippen molar-refractivity contribution in [1.29, 1.82) is 5.41 Å². The zero-order valence-electron chi connectivity index (χ0n) is 16.6. The minimum absolute atomic E-state index is 0.0903. The van der Waals surface area contributed by atoms with Gasteiger partial charge in [0, 0.05) is 28.8 Å². The second kappa shape index (κ2) is 9.88. The van der Waals surface area contributed by atoms with Crippen molar-refractivity contribution in [2.45, 2.75) is 19.3 Å². The zero-order chi connectivity index (χ0) is 23.3. The van der Waals surface area contributed by atoms with Gasteiger partial charge >= 0.3 is 12.4 Å². The Morgan fingerprint density at radius 2 is 1.88 bits per heavy atom. The van der Waals surface area contributed by atoms with Gasteiger partial charge in [-0.2, -0.15) is 0 Å². The molecule has 1 unspecified atom stereocenters. The predicted molar refractivity (Wildman–Crippen MR) is 115 cm³/mol. The average molecular weight is 462 g/mol. The highest BCUT2D eigenvalue weighted by Gasteiger charge is 2.27. The molecule has 1 aliphatic rings. The van der Waals surface area contributed by atoms with Crippen LogP contribution in [0.4, 0.5) is 5.69 Å². The zero-order valence-corrected chi connectivity index (χ0v) is 17.4. The number of carboxylic acids is 1. The fraction of sp³-hybridized carbons (Fsp3) is 0.200. The molecule has 1 atom stereocenters. The number of amides is 2. The number of hydrogen-bond donors (Lipinski definition) is 6. The third-order valence-corrected chi connectivity index (χ3v) is 4.63. The number of carbonyl (C=O) groups is 3. The normalized spacial score (nSPS) is 13.8. The Balaban J connectivity index is 1.51. The molecule has 0 radical (unpaired) electrons. The van der Waals surface area contributed by atoms with Gasteiger partial charge in [-0.25, -0.2) is 0 Å². The lowest BCUT2D eigenvalue weighted by molar-refractivity contribution is -0.137. The third-order valence-electron chi connectivity index (χ3n) is 4.28. The number of ether oxygens (including phenoxy) is 2. The minimum atomic E-state index is -1.12. The molecule has 1 heterocycles. The van der Waals surface area contributed by atoms with Crippen molar-refractivity contribution in [3.05, 3.63) is 52.5 Å².